The summed E-state index contributed by atoms with van der Waals surface area (Å²) in [5.41, 5.74) is 1.73. The first-order valence-electron chi connectivity index (χ1n) is 4.74. The molecule has 0 aromatic carbocycles. The molecule has 0 aliphatic heterocycles. The zero-order valence-corrected chi connectivity index (χ0v) is 8.66. The highest BCUT2D eigenvalue weighted by molar-refractivity contribution is 5.97. The Morgan fingerprint density at radius 3 is 2.86 bits per heavy atom. The molecular formula is C12H15NO. The standard InChI is InChI=1S/C12H15NO/c1-4-5-10-6-11(8-13-7-10)12(14)9(2)3/h4,6-9H,1,5H2,2-3H3. The molecule has 1 rings (SSSR count). The number of pyridine rings is 1. The third-order valence-electron chi connectivity index (χ3n) is 1.98. The first-order chi connectivity index (χ1) is 6.65. The summed E-state index contributed by atoms with van der Waals surface area (Å²) in [6, 6.07) is 1.89. The molecule has 0 aliphatic carbocycles. The lowest BCUT2D eigenvalue weighted by Gasteiger charge is -2.04. The van der Waals surface area contributed by atoms with E-state index in [0.717, 1.165) is 12.0 Å². The number of allylic oxidation sites excluding steroid dienone is 1. The van der Waals surface area contributed by atoms with Crippen LogP contribution in [-0.2, 0) is 6.42 Å². The van der Waals surface area contributed by atoms with Crippen LogP contribution in [0.15, 0.2) is 31.1 Å². The second-order valence-corrected chi connectivity index (χ2v) is 3.59. The van der Waals surface area contributed by atoms with E-state index in [4.69, 9.17) is 0 Å². The van der Waals surface area contributed by atoms with Gasteiger partial charge in [0.1, 0.15) is 0 Å². The van der Waals surface area contributed by atoms with E-state index in [9.17, 15) is 4.79 Å². The molecule has 0 N–H and O–H groups in total. The number of hydrogen-bond acceptors (Lipinski definition) is 2. The highest BCUT2D eigenvalue weighted by Crippen LogP contribution is 2.09. The van der Waals surface area contributed by atoms with Crippen molar-refractivity contribution in [2.75, 3.05) is 0 Å². The Bertz CT molecular complexity index is 342. The predicted molar refractivity (Wildman–Crippen MR) is 57.3 cm³/mol. The first-order valence-corrected chi connectivity index (χ1v) is 4.74. The van der Waals surface area contributed by atoms with Crippen molar-refractivity contribution in [2.24, 2.45) is 5.92 Å². The van der Waals surface area contributed by atoms with Crippen molar-refractivity contribution >= 4 is 5.78 Å². The van der Waals surface area contributed by atoms with Gasteiger partial charge in [-0.25, -0.2) is 0 Å². The summed E-state index contributed by atoms with van der Waals surface area (Å²) in [5.74, 6) is 0.166. The maximum absolute atomic E-state index is 11.6. The lowest BCUT2D eigenvalue weighted by molar-refractivity contribution is 0.0939. The van der Waals surface area contributed by atoms with Crippen LogP contribution < -0.4 is 0 Å². The average molecular weight is 189 g/mol. The van der Waals surface area contributed by atoms with Gasteiger partial charge in [0, 0.05) is 23.9 Å². The van der Waals surface area contributed by atoms with E-state index >= 15 is 0 Å². The third-order valence-corrected chi connectivity index (χ3v) is 1.98. The van der Waals surface area contributed by atoms with Gasteiger partial charge in [0.15, 0.2) is 5.78 Å². The summed E-state index contributed by atoms with van der Waals surface area (Å²) >= 11 is 0. The molecule has 0 saturated carbocycles. The van der Waals surface area contributed by atoms with Crippen LogP contribution in [0.5, 0.6) is 0 Å². The van der Waals surface area contributed by atoms with Gasteiger partial charge in [0.25, 0.3) is 0 Å². The van der Waals surface area contributed by atoms with Gasteiger partial charge in [-0.1, -0.05) is 19.9 Å². The topological polar surface area (TPSA) is 30.0 Å². The normalized spacial score (nSPS) is 10.2. The Labute approximate surface area is 84.7 Å². The molecule has 0 amide bonds. The fourth-order valence-electron chi connectivity index (χ4n) is 1.23. The molecule has 1 aromatic heterocycles. The van der Waals surface area contributed by atoms with Crippen LogP contribution in [0.3, 0.4) is 0 Å². The zero-order valence-electron chi connectivity index (χ0n) is 8.66. The lowest BCUT2D eigenvalue weighted by Crippen LogP contribution is -2.08. The van der Waals surface area contributed by atoms with Crippen molar-refractivity contribution < 1.29 is 4.79 Å². The van der Waals surface area contributed by atoms with Gasteiger partial charge >= 0.3 is 0 Å². The monoisotopic (exact) mass is 189 g/mol. The summed E-state index contributed by atoms with van der Waals surface area (Å²) in [6.45, 7) is 7.44. The van der Waals surface area contributed by atoms with E-state index in [1.807, 2.05) is 19.9 Å². The number of carbonyl (C=O) groups excluding carboxylic acids is 1. The molecule has 1 aromatic rings. The molecule has 0 fully saturated rings. The molecule has 0 saturated heterocycles. The minimum atomic E-state index is 0.0239. The minimum Gasteiger partial charge on any atom is -0.294 e. The number of aromatic nitrogens is 1. The lowest BCUT2D eigenvalue weighted by atomic mass is 10.0. The van der Waals surface area contributed by atoms with Gasteiger partial charge < -0.3 is 0 Å². The summed E-state index contributed by atoms with van der Waals surface area (Å²) in [5, 5.41) is 0. The molecule has 0 unspecified atom stereocenters. The second-order valence-electron chi connectivity index (χ2n) is 3.59. The van der Waals surface area contributed by atoms with Crippen LogP contribution in [-0.4, -0.2) is 10.8 Å². The number of nitrogens with zero attached hydrogens (tertiary/aromatic N) is 1. The Hall–Kier alpha value is -1.44. The van der Waals surface area contributed by atoms with Crippen molar-refractivity contribution in [1.29, 1.82) is 0 Å². The van der Waals surface area contributed by atoms with E-state index in [1.165, 1.54) is 0 Å². The molecule has 0 atom stereocenters. The van der Waals surface area contributed by atoms with Gasteiger partial charge in [0.2, 0.25) is 0 Å². The van der Waals surface area contributed by atoms with E-state index in [2.05, 4.69) is 11.6 Å². The van der Waals surface area contributed by atoms with Crippen LogP contribution in [0, 0.1) is 5.92 Å². The predicted octanol–water partition coefficient (Wildman–Crippen LogP) is 2.65. The molecule has 0 radical (unpaired) electrons. The van der Waals surface area contributed by atoms with Crippen molar-refractivity contribution in [3.05, 3.63) is 42.2 Å². The van der Waals surface area contributed by atoms with Crippen LogP contribution in [0.1, 0.15) is 29.8 Å². The van der Waals surface area contributed by atoms with Gasteiger partial charge in [-0.05, 0) is 18.1 Å². The third kappa shape index (κ3) is 2.52. The maximum Gasteiger partial charge on any atom is 0.166 e. The molecule has 0 aliphatic rings. The van der Waals surface area contributed by atoms with Gasteiger partial charge in [-0.2, -0.15) is 0 Å². The van der Waals surface area contributed by atoms with Crippen molar-refractivity contribution in [3.63, 3.8) is 0 Å². The van der Waals surface area contributed by atoms with Gasteiger partial charge in [-0.15, -0.1) is 6.58 Å². The zero-order chi connectivity index (χ0) is 10.6. The van der Waals surface area contributed by atoms with E-state index in [-0.39, 0.29) is 11.7 Å². The molecular weight excluding hydrogens is 174 g/mol. The maximum atomic E-state index is 11.6. The Morgan fingerprint density at radius 1 is 1.57 bits per heavy atom. The second kappa shape index (κ2) is 4.70. The fraction of sp³-hybridized carbons (Fsp3) is 0.333. The van der Waals surface area contributed by atoms with Crippen molar-refractivity contribution in [2.45, 2.75) is 20.3 Å². The first kappa shape index (κ1) is 10.6. The van der Waals surface area contributed by atoms with Crippen LogP contribution >= 0.6 is 0 Å². The Kier molecular flexibility index (Phi) is 3.57. The fourth-order valence-corrected chi connectivity index (χ4v) is 1.23. The molecule has 2 nitrogen and oxygen atoms in total. The van der Waals surface area contributed by atoms with Crippen LogP contribution in [0.2, 0.25) is 0 Å². The highest BCUT2D eigenvalue weighted by atomic mass is 16.1. The number of carbonyl (C=O) groups is 1. The van der Waals surface area contributed by atoms with E-state index in [1.54, 1.807) is 18.5 Å². The largest absolute Gasteiger partial charge is 0.294 e. The SMILES string of the molecule is C=CCc1cncc(C(=O)C(C)C)c1. The van der Waals surface area contributed by atoms with Crippen molar-refractivity contribution in [1.82, 2.24) is 4.98 Å². The molecule has 0 spiro atoms. The van der Waals surface area contributed by atoms with E-state index in [0.29, 0.717) is 5.56 Å². The van der Waals surface area contributed by atoms with Crippen LogP contribution in [0.25, 0.3) is 0 Å². The quantitative estimate of drug-likeness (QED) is 0.538. The molecule has 2 heteroatoms. The van der Waals surface area contributed by atoms with E-state index < -0.39 is 0 Å². The minimum absolute atomic E-state index is 0.0239. The number of rotatable bonds is 4. The Balaban J connectivity index is 2.93. The number of ketones is 1. The smallest absolute Gasteiger partial charge is 0.166 e. The summed E-state index contributed by atoms with van der Waals surface area (Å²) in [7, 11) is 0. The van der Waals surface area contributed by atoms with Gasteiger partial charge in [0.05, 0.1) is 0 Å². The van der Waals surface area contributed by atoms with Crippen molar-refractivity contribution in [3.8, 4) is 0 Å². The Morgan fingerprint density at radius 2 is 2.29 bits per heavy atom. The number of hydrogen-bond donors (Lipinski definition) is 0. The van der Waals surface area contributed by atoms with Crippen LogP contribution in [0.4, 0.5) is 0 Å². The summed E-state index contributed by atoms with van der Waals surface area (Å²) in [6.07, 6.45) is 5.95. The average Bonchev–Trinajstić information content (AvgIpc) is 2.17. The summed E-state index contributed by atoms with van der Waals surface area (Å²) < 4.78 is 0. The number of Topliss-reactive ketones (excluding diaryl/α,β-unsaturated/α-hetero) is 1. The molecule has 14 heavy (non-hydrogen) atoms. The van der Waals surface area contributed by atoms with Gasteiger partial charge in [-0.3, -0.25) is 9.78 Å². The molecule has 1 heterocycles. The molecule has 0 bridgehead atoms. The molecule has 74 valence electrons. The summed E-state index contributed by atoms with van der Waals surface area (Å²) in [4.78, 5) is 15.7. The highest BCUT2D eigenvalue weighted by Gasteiger charge is 2.10.